The molecule has 3 amide bonds. The van der Waals surface area contributed by atoms with Crippen LogP contribution >= 0.6 is 11.9 Å². The van der Waals surface area contributed by atoms with E-state index in [-0.39, 0.29) is 13.2 Å². The number of anilines is 2. The first-order valence-electron chi connectivity index (χ1n) is 14.6. The molecule has 1 atom stereocenters. The lowest BCUT2D eigenvalue weighted by Crippen LogP contribution is -2.39. The molecule has 0 bridgehead atoms. The fourth-order valence-corrected chi connectivity index (χ4v) is 5.29. The molecular weight excluding hydrogens is 604 g/mol. The maximum Gasteiger partial charge on any atom is 0.420 e. The third-order valence-electron chi connectivity index (χ3n) is 6.84. The zero-order valence-corrected chi connectivity index (χ0v) is 26.9. The molecule has 0 radical (unpaired) electrons. The van der Waals surface area contributed by atoms with Crippen LogP contribution in [0.3, 0.4) is 0 Å². The van der Waals surface area contributed by atoms with E-state index in [1.807, 2.05) is 6.07 Å². The van der Waals surface area contributed by atoms with E-state index in [2.05, 4.69) is 83.0 Å². The van der Waals surface area contributed by atoms with Crippen LogP contribution in [0.15, 0.2) is 114 Å². The van der Waals surface area contributed by atoms with Crippen molar-refractivity contribution in [2.24, 2.45) is 0 Å². The van der Waals surface area contributed by atoms with Crippen LogP contribution in [0.5, 0.6) is 0 Å². The minimum absolute atomic E-state index is 0.246. The quantitative estimate of drug-likeness (QED) is 0.114. The van der Waals surface area contributed by atoms with Gasteiger partial charge in [0.15, 0.2) is 0 Å². The summed E-state index contributed by atoms with van der Waals surface area (Å²) in [6.45, 7) is 1.69. The van der Waals surface area contributed by atoms with Gasteiger partial charge in [-0.05, 0) is 71.5 Å². The van der Waals surface area contributed by atoms with Gasteiger partial charge in [-0.25, -0.2) is 13.9 Å². The Morgan fingerprint density at radius 1 is 0.848 bits per heavy atom. The van der Waals surface area contributed by atoms with Crippen LogP contribution in [0.25, 0.3) is 0 Å². The highest BCUT2D eigenvalue weighted by Gasteiger charge is 2.26. The van der Waals surface area contributed by atoms with Gasteiger partial charge < -0.3 is 30.9 Å². The van der Waals surface area contributed by atoms with Gasteiger partial charge in [-0.1, -0.05) is 79.7 Å². The number of nitrogen functional groups attached to an aromatic ring is 1. The predicted octanol–water partition coefficient (Wildman–Crippen LogP) is 6.08. The Labute approximate surface area is 274 Å². The number of rotatable bonds is 11. The second-order valence-corrected chi connectivity index (χ2v) is 11.2. The summed E-state index contributed by atoms with van der Waals surface area (Å²) < 4.78 is 10.7. The van der Waals surface area contributed by atoms with Gasteiger partial charge in [0.25, 0.3) is 0 Å². The maximum atomic E-state index is 12.4. The van der Waals surface area contributed by atoms with E-state index in [0.717, 1.165) is 22.4 Å². The molecule has 11 heteroatoms. The zero-order valence-electron chi connectivity index (χ0n) is 26.1. The van der Waals surface area contributed by atoms with Crippen molar-refractivity contribution in [1.29, 1.82) is 0 Å². The number of amides is 3. The van der Waals surface area contributed by atoms with Crippen LogP contribution in [0.2, 0.25) is 0 Å². The number of aliphatic hydroxyl groups excluding tert-OH is 1. The first-order chi connectivity index (χ1) is 22.2. The molecule has 0 aliphatic heterocycles. The van der Waals surface area contributed by atoms with E-state index < -0.39 is 24.1 Å². The van der Waals surface area contributed by atoms with Gasteiger partial charge in [-0.15, -0.1) is 0 Å². The number of hydrogen-bond donors (Lipinski definition) is 4. The van der Waals surface area contributed by atoms with E-state index in [9.17, 15) is 19.5 Å². The van der Waals surface area contributed by atoms with Crippen LogP contribution in [0, 0.1) is 0 Å². The standard InChI is InChI=1S/C21H26N4O6S.C14H14/c1-30-20(28)23-12-19(27)24-16-5-3-4-14(10-16)11-17(13-26)25(21(29)31-2)32-18-8-6-15(22)7-9-18;1-12(13-8-4-2-5-9-13)14-10-6-3-7-11-14/h3-10,17,26H,11-13,22H2,1-2H3,(H,23,28)(H,24,27);2-12H,1H3. The second-order valence-electron chi connectivity index (χ2n) is 10.1. The number of carbonyl (C=O) groups excluding carboxylic acids is 3. The summed E-state index contributed by atoms with van der Waals surface area (Å²) in [7, 11) is 2.48. The van der Waals surface area contributed by atoms with Crippen molar-refractivity contribution in [1.82, 2.24) is 9.62 Å². The van der Waals surface area contributed by atoms with Crippen LogP contribution in [-0.2, 0) is 20.7 Å². The van der Waals surface area contributed by atoms with Crippen LogP contribution in [-0.4, -0.2) is 60.9 Å². The zero-order chi connectivity index (χ0) is 33.3. The molecule has 1 unspecified atom stereocenters. The highest BCUT2D eigenvalue weighted by Crippen LogP contribution is 2.28. The predicted molar refractivity (Wildman–Crippen MR) is 181 cm³/mol. The minimum atomic E-state index is -0.707. The Balaban J connectivity index is 0.000000339. The van der Waals surface area contributed by atoms with Crippen molar-refractivity contribution in [2.75, 3.05) is 38.4 Å². The number of nitrogens with two attached hydrogens (primary N) is 1. The Morgan fingerprint density at radius 3 is 2.00 bits per heavy atom. The average Bonchev–Trinajstić information content (AvgIpc) is 3.10. The minimum Gasteiger partial charge on any atom is -0.453 e. The molecule has 4 rings (SSSR count). The van der Waals surface area contributed by atoms with E-state index in [1.54, 1.807) is 42.5 Å². The summed E-state index contributed by atoms with van der Waals surface area (Å²) in [5, 5.41) is 14.9. The molecular formula is C35H40N4O6S. The topological polar surface area (TPSA) is 143 Å². The number of hydrogen-bond acceptors (Lipinski definition) is 8. The van der Waals surface area contributed by atoms with Crippen LogP contribution in [0.4, 0.5) is 21.0 Å². The summed E-state index contributed by atoms with van der Waals surface area (Å²) in [6.07, 6.45) is -1.01. The van der Waals surface area contributed by atoms with Gasteiger partial charge in [-0.2, -0.15) is 0 Å². The molecule has 0 heterocycles. The Morgan fingerprint density at radius 2 is 1.46 bits per heavy atom. The molecule has 46 heavy (non-hydrogen) atoms. The highest BCUT2D eigenvalue weighted by molar-refractivity contribution is 7.97. The van der Waals surface area contributed by atoms with Gasteiger partial charge >= 0.3 is 12.2 Å². The van der Waals surface area contributed by atoms with E-state index in [0.29, 0.717) is 23.7 Å². The summed E-state index contributed by atoms with van der Waals surface area (Å²) in [4.78, 5) is 36.2. The van der Waals surface area contributed by atoms with E-state index >= 15 is 0 Å². The molecule has 0 saturated carbocycles. The van der Waals surface area contributed by atoms with Gasteiger partial charge in [0.05, 0.1) is 26.9 Å². The number of nitrogens with zero attached hydrogens (tertiary/aromatic N) is 1. The molecule has 4 aromatic carbocycles. The third kappa shape index (κ3) is 11.5. The second kappa shape index (κ2) is 18.7. The van der Waals surface area contributed by atoms with Crippen LogP contribution < -0.4 is 16.4 Å². The molecule has 0 fully saturated rings. The summed E-state index contributed by atoms with van der Waals surface area (Å²) in [5.74, 6) is 0.0544. The SMILES string of the molecule is CC(c1ccccc1)c1ccccc1.COC(=O)NCC(=O)Nc1cccc(CC(CO)N(Sc2ccc(N)cc2)C(=O)OC)c1. The lowest BCUT2D eigenvalue weighted by atomic mass is 9.93. The molecule has 5 N–H and O–H groups in total. The molecule has 0 aliphatic rings. The fourth-order valence-electron chi connectivity index (χ4n) is 4.37. The van der Waals surface area contributed by atoms with Crippen LogP contribution in [0.1, 0.15) is 29.5 Å². The number of aliphatic hydroxyl groups is 1. The molecule has 4 aromatic rings. The largest absolute Gasteiger partial charge is 0.453 e. The first-order valence-corrected chi connectivity index (χ1v) is 15.3. The van der Waals surface area contributed by atoms with Crippen molar-refractivity contribution in [3.63, 3.8) is 0 Å². The van der Waals surface area contributed by atoms with E-state index in [1.165, 1.54) is 29.7 Å². The Hall–Kier alpha value is -5.00. The molecule has 10 nitrogen and oxygen atoms in total. The number of methoxy groups -OCH3 is 2. The van der Waals surface area contributed by atoms with Crippen molar-refractivity contribution < 1.29 is 29.0 Å². The summed E-state index contributed by atoms with van der Waals surface area (Å²) in [6, 6.07) is 34.5. The molecule has 0 aliphatic carbocycles. The first kappa shape index (κ1) is 35.5. The van der Waals surface area contributed by atoms with Crippen molar-refractivity contribution in [2.45, 2.75) is 30.2 Å². The number of carbonyl (C=O) groups is 3. The number of alkyl carbamates (subject to hydrolysis) is 1. The molecule has 242 valence electrons. The molecule has 0 saturated heterocycles. The third-order valence-corrected chi connectivity index (χ3v) is 7.97. The monoisotopic (exact) mass is 644 g/mol. The smallest absolute Gasteiger partial charge is 0.420 e. The number of nitrogens with one attached hydrogen (secondary N) is 2. The fraction of sp³-hybridized carbons (Fsp3) is 0.229. The molecule has 0 spiro atoms. The summed E-state index contributed by atoms with van der Waals surface area (Å²) in [5.41, 5.74) is 10.3. The number of benzene rings is 4. The highest BCUT2D eigenvalue weighted by atomic mass is 32.2. The lowest BCUT2D eigenvalue weighted by molar-refractivity contribution is -0.115. The van der Waals surface area contributed by atoms with Crippen molar-refractivity contribution >= 4 is 41.4 Å². The van der Waals surface area contributed by atoms with Gasteiger partial charge in [0.1, 0.15) is 6.54 Å². The maximum absolute atomic E-state index is 12.4. The normalized spacial score (nSPS) is 11.0. The van der Waals surface area contributed by atoms with Gasteiger partial charge in [0.2, 0.25) is 5.91 Å². The number of ether oxygens (including phenoxy) is 2. The average molecular weight is 645 g/mol. The van der Waals surface area contributed by atoms with Crippen molar-refractivity contribution in [3.05, 3.63) is 126 Å². The van der Waals surface area contributed by atoms with E-state index in [4.69, 9.17) is 10.5 Å². The van der Waals surface area contributed by atoms with Crippen molar-refractivity contribution in [3.8, 4) is 0 Å². The van der Waals surface area contributed by atoms with Gasteiger partial charge in [-0.3, -0.25) is 4.79 Å². The summed E-state index contributed by atoms with van der Waals surface area (Å²) >= 11 is 1.13. The lowest BCUT2D eigenvalue weighted by Gasteiger charge is -2.28. The van der Waals surface area contributed by atoms with Gasteiger partial charge in [0, 0.05) is 22.2 Å². The Bertz CT molecular complexity index is 1480. The Kier molecular flexibility index (Phi) is 14.4. The molecule has 0 aromatic heterocycles.